The summed E-state index contributed by atoms with van der Waals surface area (Å²) >= 11 is 6.04. The maximum atomic E-state index is 12.0. The highest BCUT2D eigenvalue weighted by Gasteiger charge is 2.23. The van der Waals surface area contributed by atoms with E-state index in [4.69, 9.17) is 27.5 Å². The van der Waals surface area contributed by atoms with E-state index in [1.54, 1.807) is 24.3 Å². The van der Waals surface area contributed by atoms with Crippen LogP contribution in [-0.4, -0.2) is 17.8 Å². The van der Waals surface area contributed by atoms with Gasteiger partial charge in [0.2, 0.25) is 0 Å². The van der Waals surface area contributed by atoms with Crippen LogP contribution in [0, 0.1) is 5.41 Å². The Labute approximate surface area is 115 Å². The smallest absolute Gasteiger partial charge is 0.255 e. The van der Waals surface area contributed by atoms with Crippen LogP contribution < -0.4 is 11.1 Å². The number of amidine groups is 1. The largest absolute Gasteiger partial charge is 0.484 e. The Morgan fingerprint density at radius 1 is 1.37 bits per heavy atom. The zero-order valence-corrected chi connectivity index (χ0v) is 10.6. The summed E-state index contributed by atoms with van der Waals surface area (Å²) in [4.78, 5) is 12.0. The van der Waals surface area contributed by atoms with Gasteiger partial charge in [-0.3, -0.25) is 10.2 Å². The Balaban J connectivity index is 2.19. The van der Waals surface area contributed by atoms with Crippen LogP contribution in [0.3, 0.4) is 0 Å². The number of nitrogens with two attached hydrogens (primary N) is 1. The van der Waals surface area contributed by atoms with Crippen molar-refractivity contribution in [2.45, 2.75) is 6.10 Å². The van der Waals surface area contributed by atoms with Crippen LogP contribution in [0.25, 0.3) is 0 Å². The molecule has 1 aromatic carbocycles. The third-order valence-corrected chi connectivity index (χ3v) is 2.91. The Kier molecular flexibility index (Phi) is 3.87. The molecule has 0 saturated heterocycles. The van der Waals surface area contributed by atoms with E-state index in [-0.39, 0.29) is 16.8 Å². The molecule has 98 valence electrons. The van der Waals surface area contributed by atoms with Crippen molar-refractivity contribution < 1.29 is 9.53 Å². The third kappa shape index (κ3) is 2.95. The quantitative estimate of drug-likeness (QED) is 0.580. The zero-order valence-electron chi connectivity index (χ0n) is 9.89. The molecule has 1 atom stereocenters. The zero-order chi connectivity index (χ0) is 13.8. The van der Waals surface area contributed by atoms with Gasteiger partial charge in [0.15, 0.2) is 6.10 Å². The summed E-state index contributed by atoms with van der Waals surface area (Å²) in [6.07, 6.45) is 2.01. The van der Waals surface area contributed by atoms with Gasteiger partial charge < -0.3 is 15.8 Å². The number of hydrogen-bond acceptors (Lipinski definition) is 3. The summed E-state index contributed by atoms with van der Waals surface area (Å²) in [5.41, 5.74) is 6.24. The van der Waals surface area contributed by atoms with Crippen molar-refractivity contribution >= 4 is 23.3 Å². The van der Waals surface area contributed by atoms with Gasteiger partial charge in [-0.05, 0) is 18.2 Å². The van der Waals surface area contributed by atoms with Gasteiger partial charge in [0.1, 0.15) is 5.84 Å². The fourth-order valence-corrected chi connectivity index (χ4v) is 1.84. The second kappa shape index (κ2) is 5.58. The van der Waals surface area contributed by atoms with Gasteiger partial charge >= 0.3 is 0 Å². The number of amides is 1. The van der Waals surface area contributed by atoms with Crippen molar-refractivity contribution in [3.63, 3.8) is 0 Å². The van der Waals surface area contributed by atoms with E-state index in [1.165, 1.54) is 12.3 Å². The molecule has 1 aliphatic heterocycles. The van der Waals surface area contributed by atoms with E-state index in [9.17, 15) is 4.79 Å². The van der Waals surface area contributed by atoms with Crippen molar-refractivity contribution in [3.8, 4) is 0 Å². The summed E-state index contributed by atoms with van der Waals surface area (Å²) in [6.45, 7) is 0. The SMILES string of the molecule is N=C(N)C1OC=CC(NC(=O)c2ccccc2)=C1Cl. The molecular weight excluding hydrogens is 266 g/mol. The molecule has 1 aromatic rings. The highest BCUT2D eigenvalue weighted by molar-refractivity contribution is 6.32. The molecule has 0 saturated carbocycles. The molecule has 0 aliphatic carbocycles. The van der Waals surface area contributed by atoms with Crippen molar-refractivity contribution in [1.29, 1.82) is 5.41 Å². The highest BCUT2D eigenvalue weighted by Crippen LogP contribution is 2.21. The lowest BCUT2D eigenvalue weighted by molar-refractivity contribution is 0.0965. The summed E-state index contributed by atoms with van der Waals surface area (Å²) in [6, 6.07) is 8.74. The lowest BCUT2D eigenvalue weighted by Crippen LogP contribution is -2.34. The standard InChI is InChI=1S/C13H12ClN3O2/c14-10-9(6-7-19-11(10)12(15)16)17-13(18)8-4-2-1-3-5-8/h1-7,11H,(H3,15,16)(H,17,18). The predicted octanol–water partition coefficient (Wildman–Crippen LogP) is 1.72. The highest BCUT2D eigenvalue weighted by atomic mass is 35.5. The van der Waals surface area contributed by atoms with Crippen LogP contribution in [0.2, 0.25) is 0 Å². The van der Waals surface area contributed by atoms with Crippen molar-refractivity contribution in [2.75, 3.05) is 0 Å². The van der Waals surface area contributed by atoms with Gasteiger partial charge in [0, 0.05) is 5.56 Å². The number of hydrogen-bond donors (Lipinski definition) is 3. The lowest BCUT2D eigenvalue weighted by atomic mass is 10.2. The minimum Gasteiger partial charge on any atom is -0.484 e. The molecule has 0 spiro atoms. The number of carbonyl (C=O) groups is 1. The molecule has 1 amide bonds. The summed E-state index contributed by atoms with van der Waals surface area (Å²) in [5.74, 6) is -0.511. The molecule has 0 radical (unpaired) electrons. The van der Waals surface area contributed by atoms with E-state index >= 15 is 0 Å². The lowest BCUT2D eigenvalue weighted by Gasteiger charge is -2.21. The van der Waals surface area contributed by atoms with Crippen LogP contribution in [0.15, 0.2) is 53.4 Å². The van der Waals surface area contributed by atoms with Crippen molar-refractivity contribution in [2.24, 2.45) is 5.73 Å². The van der Waals surface area contributed by atoms with Crippen LogP contribution in [0.5, 0.6) is 0 Å². The number of rotatable bonds is 3. The molecule has 2 rings (SSSR count). The Hall–Kier alpha value is -2.27. The average molecular weight is 278 g/mol. The first-order chi connectivity index (χ1) is 9.09. The number of benzene rings is 1. The van der Waals surface area contributed by atoms with E-state index in [0.29, 0.717) is 11.3 Å². The van der Waals surface area contributed by atoms with Crippen molar-refractivity contribution in [1.82, 2.24) is 5.32 Å². The molecule has 6 heteroatoms. The second-order valence-corrected chi connectivity index (χ2v) is 4.26. The molecule has 1 aliphatic rings. The van der Waals surface area contributed by atoms with E-state index in [0.717, 1.165) is 0 Å². The van der Waals surface area contributed by atoms with E-state index in [2.05, 4.69) is 5.32 Å². The average Bonchev–Trinajstić information content (AvgIpc) is 2.41. The molecule has 19 heavy (non-hydrogen) atoms. The molecule has 1 unspecified atom stereocenters. The number of ether oxygens (including phenoxy) is 1. The normalized spacial score (nSPS) is 17.8. The third-order valence-electron chi connectivity index (χ3n) is 2.50. The van der Waals surface area contributed by atoms with Gasteiger partial charge in [0.05, 0.1) is 17.0 Å². The Bertz CT molecular complexity index is 567. The fourth-order valence-electron chi connectivity index (χ4n) is 1.56. The number of halogens is 1. The number of carbonyl (C=O) groups excluding carboxylic acids is 1. The summed E-state index contributed by atoms with van der Waals surface area (Å²) in [7, 11) is 0. The first-order valence-corrected chi connectivity index (χ1v) is 5.89. The minimum absolute atomic E-state index is 0.180. The molecular formula is C13H12ClN3O2. The Morgan fingerprint density at radius 3 is 2.68 bits per heavy atom. The number of nitrogens with one attached hydrogen (secondary N) is 2. The molecule has 4 N–H and O–H groups in total. The molecule has 1 heterocycles. The molecule has 5 nitrogen and oxygen atoms in total. The predicted molar refractivity (Wildman–Crippen MR) is 72.7 cm³/mol. The summed E-state index contributed by atoms with van der Waals surface area (Å²) < 4.78 is 5.10. The van der Waals surface area contributed by atoms with Crippen molar-refractivity contribution in [3.05, 3.63) is 59.0 Å². The first-order valence-electron chi connectivity index (χ1n) is 5.51. The Morgan fingerprint density at radius 2 is 2.05 bits per heavy atom. The van der Waals surface area contributed by atoms with Gasteiger partial charge in [-0.2, -0.15) is 0 Å². The molecule has 0 bridgehead atoms. The van der Waals surface area contributed by atoms with Crippen LogP contribution in [0.4, 0.5) is 0 Å². The monoisotopic (exact) mass is 277 g/mol. The number of allylic oxidation sites excluding steroid dienone is 1. The second-order valence-electron chi connectivity index (χ2n) is 3.86. The fraction of sp³-hybridized carbons (Fsp3) is 0.0769. The molecule has 0 aromatic heterocycles. The van der Waals surface area contributed by atoms with Gasteiger partial charge in [-0.25, -0.2) is 0 Å². The van der Waals surface area contributed by atoms with Gasteiger partial charge in [-0.1, -0.05) is 29.8 Å². The van der Waals surface area contributed by atoms with Gasteiger partial charge in [0.25, 0.3) is 5.91 Å². The van der Waals surface area contributed by atoms with Crippen LogP contribution in [0.1, 0.15) is 10.4 Å². The minimum atomic E-state index is -0.849. The molecule has 0 fully saturated rings. The van der Waals surface area contributed by atoms with E-state index < -0.39 is 6.10 Å². The van der Waals surface area contributed by atoms with E-state index in [1.807, 2.05) is 6.07 Å². The van der Waals surface area contributed by atoms with Crippen LogP contribution >= 0.6 is 11.6 Å². The summed E-state index contributed by atoms with van der Waals surface area (Å²) in [5, 5.41) is 10.2. The van der Waals surface area contributed by atoms with Crippen LogP contribution in [-0.2, 0) is 4.74 Å². The maximum Gasteiger partial charge on any atom is 0.255 e. The topological polar surface area (TPSA) is 88.2 Å². The van der Waals surface area contributed by atoms with Gasteiger partial charge in [-0.15, -0.1) is 0 Å². The maximum absolute atomic E-state index is 12.0. The first kappa shape index (κ1) is 13.2.